The highest BCUT2D eigenvalue weighted by Crippen LogP contribution is 2.27. The van der Waals surface area contributed by atoms with Crippen molar-refractivity contribution in [3.05, 3.63) is 29.8 Å². The largest absolute Gasteiger partial charge is 0.490 e. The van der Waals surface area contributed by atoms with Gasteiger partial charge in [-0.05, 0) is 62.4 Å². The van der Waals surface area contributed by atoms with Crippen LogP contribution in [0.25, 0.3) is 0 Å². The van der Waals surface area contributed by atoms with Crippen LogP contribution in [0.4, 0.5) is 0 Å². The van der Waals surface area contributed by atoms with E-state index in [1.165, 1.54) is 24.8 Å². The maximum absolute atomic E-state index is 5.83. The van der Waals surface area contributed by atoms with Gasteiger partial charge in [-0.1, -0.05) is 26.0 Å². The van der Waals surface area contributed by atoms with Crippen molar-refractivity contribution < 1.29 is 4.74 Å². The molecule has 2 rings (SSSR count). The Balaban J connectivity index is 1.79. The molecule has 100 valence electrons. The molecule has 1 aliphatic carbocycles. The van der Waals surface area contributed by atoms with E-state index in [2.05, 4.69) is 43.4 Å². The zero-order valence-electron chi connectivity index (χ0n) is 11.6. The van der Waals surface area contributed by atoms with Gasteiger partial charge in [0, 0.05) is 0 Å². The number of hydrogen-bond acceptors (Lipinski definition) is 2. The van der Waals surface area contributed by atoms with E-state index in [4.69, 9.17) is 4.74 Å². The van der Waals surface area contributed by atoms with E-state index < -0.39 is 0 Å². The van der Waals surface area contributed by atoms with E-state index in [1.807, 2.05) is 0 Å². The quantitative estimate of drug-likeness (QED) is 0.711. The zero-order valence-corrected chi connectivity index (χ0v) is 11.6. The summed E-state index contributed by atoms with van der Waals surface area (Å²) >= 11 is 0. The first-order valence-corrected chi connectivity index (χ1v) is 7.24. The number of hydrogen-bond donors (Lipinski definition) is 1. The highest BCUT2D eigenvalue weighted by Gasteiger charge is 2.23. The van der Waals surface area contributed by atoms with E-state index in [-0.39, 0.29) is 0 Å². The molecule has 0 spiro atoms. The minimum atomic E-state index is 0.490. The van der Waals surface area contributed by atoms with E-state index in [1.54, 1.807) is 0 Å². The molecule has 0 heterocycles. The first-order chi connectivity index (χ1) is 8.78. The molecule has 0 amide bonds. The highest BCUT2D eigenvalue weighted by atomic mass is 16.5. The lowest BCUT2D eigenvalue weighted by Crippen LogP contribution is -2.23. The smallest absolute Gasteiger partial charge is 0.119 e. The van der Waals surface area contributed by atoms with E-state index >= 15 is 0 Å². The van der Waals surface area contributed by atoms with Gasteiger partial charge in [-0.15, -0.1) is 0 Å². The summed E-state index contributed by atoms with van der Waals surface area (Å²) in [5.41, 5.74) is 1.39. The summed E-state index contributed by atoms with van der Waals surface area (Å²) in [5.74, 6) is 1.72. The summed E-state index contributed by atoms with van der Waals surface area (Å²) in [6.45, 7) is 6.73. The second-order valence-corrected chi connectivity index (χ2v) is 5.48. The summed E-state index contributed by atoms with van der Waals surface area (Å²) in [6, 6.07) is 8.59. The minimum absolute atomic E-state index is 0.490. The standard InChI is InChI=1S/C16H25NO/c1-3-9-17-12-13(2)10-14-5-4-6-16(11-14)18-15-7-8-15/h4-6,11,13,15,17H,3,7-10,12H2,1-2H3. The fraction of sp³-hybridized carbons (Fsp3) is 0.625. The first-order valence-electron chi connectivity index (χ1n) is 7.24. The van der Waals surface area contributed by atoms with Crippen LogP contribution in [0.2, 0.25) is 0 Å². The van der Waals surface area contributed by atoms with Crippen molar-refractivity contribution in [2.75, 3.05) is 13.1 Å². The van der Waals surface area contributed by atoms with Crippen molar-refractivity contribution in [3.8, 4) is 5.75 Å². The average Bonchev–Trinajstić information content (AvgIpc) is 3.14. The second-order valence-electron chi connectivity index (χ2n) is 5.48. The molecule has 0 saturated heterocycles. The Morgan fingerprint density at radius 1 is 1.39 bits per heavy atom. The third-order valence-corrected chi connectivity index (χ3v) is 3.23. The molecule has 0 bridgehead atoms. The van der Waals surface area contributed by atoms with Crippen molar-refractivity contribution in [2.24, 2.45) is 5.92 Å². The fourth-order valence-corrected chi connectivity index (χ4v) is 2.12. The normalized spacial score (nSPS) is 16.6. The number of benzene rings is 1. The van der Waals surface area contributed by atoms with Gasteiger partial charge in [0.2, 0.25) is 0 Å². The Labute approximate surface area is 111 Å². The maximum atomic E-state index is 5.83. The number of nitrogens with one attached hydrogen (secondary N) is 1. The maximum Gasteiger partial charge on any atom is 0.119 e. The van der Waals surface area contributed by atoms with Crippen LogP contribution in [0.3, 0.4) is 0 Å². The molecule has 0 radical (unpaired) electrons. The molecule has 18 heavy (non-hydrogen) atoms. The van der Waals surface area contributed by atoms with Crippen LogP contribution < -0.4 is 10.1 Å². The van der Waals surface area contributed by atoms with Crippen LogP contribution in [-0.4, -0.2) is 19.2 Å². The molecule has 1 unspecified atom stereocenters. The molecule has 0 aromatic heterocycles. The third-order valence-electron chi connectivity index (χ3n) is 3.23. The van der Waals surface area contributed by atoms with Crippen molar-refractivity contribution in [2.45, 2.75) is 45.6 Å². The first kappa shape index (κ1) is 13.4. The summed E-state index contributed by atoms with van der Waals surface area (Å²) in [6.07, 6.45) is 5.27. The van der Waals surface area contributed by atoms with Crippen molar-refractivity contribution >= 4 is 0 Å². The molecule has 1 atom stereocenters. The van der Waals surface area contributed by atoms with Gasteiger partial charge in [0.15, 0.2) is 0 Å². The van der Waals surface area contributed by atoms with Crippen molar-refractivity contribution in [3.63, 3.8) is 0 Å². The molecule has 1 aromatic rings. The van der Waals surface area contributed by atoms with Gasteiger partial charge in [0.25, 0.3) is 0 Å². The summed E-state index contributed by atoms with van der Waals surface area (Å²) in [5, 5.41) is 3.48. The minimum Gasteiger partial charge on any atom is -0.490 e. The van der Waals surface area contributed by atoms with Gasteiger partial charge >= 0.3 is 0 Å². The molecule has 1 N–H and O–H groups in total. The van der Waals surface area contributed by atoms with Crippen LogP contribution in [0.5, 0.6) is 5.75 Å². The van der Waals surface area contributed by atoms with Gasteiger partial charge in [-0.25, -0.2) is 0 Å². The molecular weight excluding hydrogens is 222 g/mol. The van der Waals surface area contributed by atoms with Crippen LogP contribution in [0.1, 0.15) is 38.7 Å². The van der Waals surface area contributed by atoms with Crippen molar-refractivity contribution in [1.29, 1.82) is 0 Å². The average molecular weight is 247 g/mol. The molecular formula is C16H25NO. The van der Waals surface area contributed by atoms with E-state index in [0.717, 1.165) is 25.3 Å². The molecule has 2 heteroatoms. The molecule has 1 aliphatic rings. The van der Waals surface area contributed by atoms with Crippen molar-refractivity contribution in [1.82, 2.24) is 5.32 Å². The number of ether oxygens (including phenoxy) is 1. The molecule has 2 nitrogen and oxygen atoms in total. The Bertz CT molecular complexity index is 360. The van der Waals surface area contributed by atoms with Crippen LogP contribution in [0, 0.1) is 5.92 Å². The van der Waals surface area contributed by atoms with Gasteiger partial charge in [0.05, 0.1) is 6.10 Å². The highest BCUT2D eigenvalue weighted by molar-refractivity contribution is 5.29. The third kappa shape index (κ3) is 4.69. The summed E-state index contributed by atoms with van der Waals surface area (Å²) in [4.78, 5) is 0. The predicted molar refractivity (Wildman–Crippen MR) is 76.1 cm³/mol. The Kier molecular flexibility index (Phi) is 5.06. The lowest BCUT2D eigenvalue weighted by atomic mass is 10.0. The fourth-order valence-electron chi connectivity index (χ4n) is 2.12. The predicted octanol–water partition coefficient (Wildman–Crippen LogP) is 3.41. The van der Waals surface area contributed by atoms with Gasteiger partial charge < -0.3 is 10.1 Å². The van der Waals surface area contributed by atoms with E-state index in [9.17, 15) is 0 Å². The molecule has 1 saturated carbocycles. The topological polar surface area (TPSA) is 21.3 Å². The van der Waals surface area contributed by atoms with Crippen LogP contribution in [-0.2, 0) is 6.42 Å². The monoisotopic (exact) mass is 247 g/mol. The Morgan fingerprint density at radius 2 is 2.22 bits per heavy atom. The zero-order chi connectivity index (χ0) is 12.8. The lowest BCUT2D eigenvalue weighted by Gasteiger charge is -2.13. The molecule has 1 aromatic carbocycles. The molecule has 1 fully saturated rings. The SMILES string of the molecule is CCCNCC(C)Cc1cccc(OC2CC2)c1. The lowest BCUT2D eigenvalue weighted by molar-refractivity contribution is 0.303. The van der Waals surface area contributed by atoms with Gasteiger partial charge in [-0.2, -0.15) is 0 Å². The Hall–Kier alpha value is -1.02. The van der Waals surface area contributed by atoms with Gasteiger partial charge in [-0.3, -0.25) is 0 Å². The summed E-state index contributed by atoms with van der Waals surface area (Å²) in [7, 11) is 0. The van der Waals surface area contributed by atoms with E-state index in [0.29, 0.717) is 12.0 Å². The number of rotatable bonds is 8. The molecule has 0 aliphatic heterocycles. The summed E-state index contributed by atoms with van der Waals surface area (Å²) < 4.78 is 5.83. The second kappa shape index (κ2) is 6.79. The van der Waals surface area contributed by atoms with Crippen LogP contribution >= 0.6 is 0 Å². The van der Waals surface area contributed by atoms with Crippen LogP contribution in [0.15, 0.2) is 24.3 Å². The van der Waals surface area contributed by atoms with Gasteiger partial charge in [0.1, 0.15) is 5.75 Å². The Morgan fingerprint density at radius 3 is 2.94 bits per heavy atom.